The van der Waals surface area contributed by atoms with Crippen LogP contribution in [-0.2, 0) is 33.4 Å². The molecule has 0 unspecified atom stereocenters. The molecule has 6 heteroatoms. The molecule has 0 heterocycles. The monoisotopic (exact) mass is 339 g/mol. The third kappa shape index (κ3) is 17.6. The van der Waals surface area contributed by atoms with Crippen LogP contribution in [-0.4, -0.2) is 0 Å². The van der Waals surface area contributed by atoms with Crippen LogP contribution in [0.5, 0.6) is 0 Å². The van der Waals surface area contributed by atoms with Crippen LogP contribution in [0, 0.1) is 0 Å². The molecule has 85 valence electrons. The quantitative estimate of drug-likeness (QED) is 0.265. The third-order valence-electron chi connectivity index (χ3n) is 1.17. The SMILES string of the molecule is [S-]SSSS.[Ti+3].c1cc[cH-]c1.c1cc[cH-]c1. The third-order valence-corrected chi connectivity index (χ3v) is 5.83. The molecule has 0 aliphatic heterocycles. The maximum absolute atomic E-state index is 4.46. The van der Waals surface area contributed by atoms with Gasteiger partial charge in [-0.05, 0) is 19.7 Å². The Labute approximate surface area is 134 Å². The normalized spacial score (nSPS) is 7.62. The molecule has 2 aromatic rings. The number of hydrogen-bond acceptors (Lipinski definition) is 5. The van der Waals surface area contributed by atoms with Gasteiger partial charge in [0, 0.05) is 0 Å². The molecule has 2 aromatic carbocycles. The van der Waals surface area contributed by atoms with Crippen molar-refractivity contribution in [2.45, 2.75) is 0 Å². The van der Waals surface area contributed by atoms with E-state index in [0.717, 1.165) is 0 Å². The van der Waals surface area contributed by atoms with E-state index in [4.69, 9.17) is 0 Å². The van der Waals surface area contributed by atoms with Gasteiger partial charge in [0.05, 0.1) is 0 Å². The van der Waals surface area contributed by atoms with Gasteiger partial charge in [0.2, 0.25) is 0 Å². The summed E-state index contributed by atoms with van der Waals surface area (Å²) in [7, 11) is 4.14. The molecule has 1 radical (unpaired) electrons. The van der Waals surface area contributed by atoms with Gasteiger partial charge >= 0.3 is 21.7 Å². The zero-order valence-corrected chi connectivity index (χ0v) is 14.1. The molecule has 0 saturated heterocycles. The minimum absolute atomic E-state index is 0. The molecular weight excluding hydrogens is 328 g/mol. The van der Waals surface area contributed by atoms with Crippen LogP contribution in [0.3, 0.4) is 0 Å². The van der Waals surface area contributed by atoms with Crippen LogP contribution >= 0.6 is 41.1 Å². The molecule has 0 bridgehead atoms. The fraction of sp³-hybridized carbons (Fsp3) is 0. The molecule has 0 aliphatic carbocycles. The maximum atomic E-state index is 4.46. The Hall–Kier alpha value is 1.16. The van der Waals surface area contributed by atoms with Gasteiger partial charge in [0.25, 0.3) is 0 Å². The van der Waals surface area contributed by atoms with Gasteiger partial charge in [-0.15, -0.1) is 0 Å². The van der Waals surface area contributed by atoms with Crippen molar-refractivity contribution in [3.8, 4) is 0 Å². The number of thiol groups is 1. The summed E-state index contributed by atoms with van der Waals surface area (Å²) in [6, 6.07) is 20.0. The van der Waals surface area contributed by atoms with Gasteiger partial charge in [-0.3, -0.25) is 9.83 Å². The Morgan fingerprint density at radius 3 is 1.31 bits per heavy atom. The largest absolute Gasteiger partial charge is 3.00 e. The first-order valence-corrected chi connectivity index (χ1v) is 9.48. The molecule has 0 N–H and O–H groups in total. The summed E-state index contributed by atoms with van der Waals surface area (Å²) < 4.78 is 0. The minimum Gasteiger partial charge on any atom is -0.706 e. The van der Waals surface area contributed by atoms with E-state index in [9.17, 15) is 0 Å². The van der Waals surface area contributed by atoms with Crippen LogP contribution in [0.4, 0.5) is 0 Å². The van der Waals surface area contributed by atoms with Gasteiger partial charge in [-0.2, -0.15) is 36.4 Å². The summed E-state index contributed by atoms with van der Waals surface area (Å²) in [6.07, 6.45) is 0. The second-order valence-electron chi connectivity index (χ2n) is 2.14. The van der Waals surface area contributed by atoms with Crippen molar-refractivity contribution in [2.24, 2.45) is 0 Å². The molecule has 0 amide bonds. The molecule has 0 atom stereocenters. The summed E-state index contributed by atoms with van der Waals surface area (Å²) in [5.41, 5.74) is 0. The van der Waals surface area contributed by atoms with Gasteiger partial charge < -0.3 is 11.7 Å². The van der Waals surface area contributed by atoms with E-state index in [1.807, 2.05) is 60.7 Å². The van der Waals surface area contributed by atoms with Crippen LogP contribution in [0.1, 0.15) is 0 Å². The topological polar surface area (TPSA) is 0 Å². The standard InChI is InChI=1S/2C5H5.H2S5.Ti/c2*1-2-4-5-3-1;1-3-5-4-2;/h2*1-5H;1-2H;/q2*-1;;+3/p-1. The molecule has 2 rings (SSSR count). The van der Waals surface area contributed by atoms with Gasteiger partial charge in [0.15, 0.2) is 0 Å². The van der Waals surface area contributed by atoms with Crippen LogP contribution in [0.15, 0.2) is 60.7 Å². The van der Waals surface area contributed by atoms with Gasteiger partial charge in [-0.1, -0.05) is 11.7 Å². The Morgan fingerprint density at radius 2 is 1.25 bits per heavy atom. The second-order valence-corrected chi connectivity index (χ2v) is 7.61. The van der Waals surface area contributed by atoms with E-state index in [1.54, 1.807) is 0 Å². The van der Waals surface area contributed by atoms with Crippen molar-refractivity contribution < 1.29 is 21.7 Å². The van der Waals surface area contributed by atoms with E-state index in [2.05, 4.69) is 23.3 Å². The van der Waals surface area contributed by atoms with Crippen LogP contribution < -0.4 is 0 Å². The summed E-state index contributed by atoms with van der Waals surface area (Å²) in [4.78, 5) is 0. The van der Waals surface area contributed by atoms with E-state index < -0.39 is 0 Å². The first kappa shape index (κ1) is 19.5. The van der Waals surface area contributed by atoms with Crippen molar-refractivity contribution in [1.29, 1.82) is 0 Å². The van der Waals surface area contributed by atoms with Gasteiger partial charge in [0.1, 0.15) is 0 Å². The fourth-order valence-electron chi connectivity index (χ4n) is 0.654. The van der Waals surface area contributed by atoms with Crippen molar-refractivity contribution in [2.75, 3.05) is 0 Å². The molecule has 0 saturated carbocycles. The molecule has 16 heavy (non-hydrogen) atoms. The molecule has 0 fully saturated rings. The minimum atomic E-state index is 0. The molecule has 0 aliphatic rings. The average Bonchev–Trinajstić information content (AvgIpc) is 2.99. The van der Waals surface area contributed by atoms with Crippen molar-refractivity contribution in [1.82, 2.24) is 0 Å². The Bertz CT molecular complexity index is 194. The predicted molar refractivity (Wildman–Crippen MR) is 83.2 cm³/mol. The summed E-state index contributed by atoms with van der Waals surface area (Å²) in [5.74, 6) is 0. The predicted octanol–water partition coefficient (Wildman–Crippen LogP) is 5.13. The molecule has 0 nitrogen and oxygen atoms in total. The van der Waals surface area contributed by atoms with Gasteiger partial charge in [-0.25, -0.2) is 24.3 Å². The summed E-state index contributed by atoms with van der Waals surface area (Å²) in [6.45, 7) is 0. The van der Waals surface area contributed by atoms with E-state index in [1.165, 1.54) is 29.5 Å². The Morgan fingerprint density at radius 1 is 0.875 bits per heavy atom. The summed E-state index contributed by atoms with van der Waals surface area (Å²) in [5, 5.41) is 0. The Kier molecular flexibility index (Phi) is 22.6. The van der Waals surface area contributed by atoms with E-state index in [0.29, 0.717) is 0 Å². The van der Waals surface area contributed by atoms with Crippen molar-refractivity contribution in [3.05, 3.63) is 60.7 Å². The first-order chi connectivity index (χ1) is 7.41. The number of hydrogen-bond donors (Lipinski definition) is 1. The zero-order valence-electron chi connectivity index (χ0n) is 8.35. The molecular formula is C10H11S5Ti. The zero-order chi connectivity index (χ0) is 11.2. The van der Waals surface area contributed by atoms with E-state index in [-0.39, 0.29) is 21.7 Å². The van der Waals surface area contributed by atoms with E-state index >= 15 is 0 Å². The van der Waals surface area contributed by atoms with Crippen molar-refractivity contribution in [3.63, 3.8) is 0 Å². The molecule has 0 spiro atoms. The van der Waals surface area contributed by atoms with Crippen molar-refractivity contribution >= 4 is 52.8 Å². The maximum Gasteiger partial charge on any atom is 3.00 e. The summed E-state index contributed by atoms with van der Waals surface area (Å²) >= 11 is 8.25. The van der Waals surface area contributed by atoms with Crippen LogP contribution in [0.25, 0.3) is 0 Å². The average molecular weight is 339 g/mol. The molecule has 0 aromatic heterocycles. The van der Waals surface area contributed by atoms with Crippen LogP contribution in [0.2, 0.25) is 0 Å². The number of rotatable bonds is 2. The first-order valence-electron chi connectivity index (χ1n) is 4.02. The fourth-order valence-corrected chi connectivity index (χ4v) is 3.66. The Balaban J connectivity index is 0. The smallest absolute Gasteiger partial charge is 0.706 e. The second kappa shape index (κ2) is 18.5.